The topological polar surface area (TPSA) is 40.5 Å². The van der Waals surface area contributed by atoms with Gasteiger partial charge in [-0.05, 0) is 24.0 Å². The van der Waals surface area contributed by atoms with Crippen molar-refractivity contribution < 1.29 is 9.90 Å². The maximum absolute atomic E-state index is 10.7. The van der Waals surface area contributed by atoms with E-state index in [1.54, 1.807) is 0 Å². The fourth-order valence-electron chi connectivity index (χ4n) is 2.03. The van der Waals surface area contributed by atoms with Crippen molar-refractivity contribution >= 4 is 5.97 Å². The van der Waals surface area contributed by atoms with Crippen LogP contribution in [0.4, 0.5) is 0 Å². The first-order valence-electron chi connectivity index (χ1n) is 6.47. The SMILES string of the molecule is Cc1ccccc1CN(CCC(=O)O)CC(C)C. The van der Waals surface area contributed by atoms with E-state index in [9.17, 15) is 4.79 Å². The molecule has 0 bridgehead atoms. The maximum Gasteiger partial charge on any atom is 0.304 e. The predicted octanol–water partition coefficient (Wildman–Crippen LogP) is 2.93. The summed E-state index contributed by atoms with van der Waals surface area (Å²) < 4.78 is 0. The molecule has 3 nitrogen and oxygen atoms in total. The van der Waals surface area contributed by atoms with Gasteiger partial charge in [0.2, 0.25) is 0 Å². The van der Waals surface area contributed by atoms with Gasteiger partial charge < -0.3 is 5.11 Å². The van der Waals surface area contributed by atoms with Crippen molar-refractivity contribution in [3.63, 3.8) is 0 Å². The van der Waals surface area contributed by atoms with E-state index in [0.717, 1.165) is 13.1 Å². The monoisotopic (exact) mass is 249 g/mol. The third kappa shape index (κ3) is 5.32. The summed E-state index contributed by atoms with van der Waals surface area (Å²) in [5.74, 6) is -0.184. The van der Waals surface area contributed by atoms with Crippen LogP contribution in [0.1, 0.15) is 31.4 Å². The largest absolute Gasteiger partial charge is 0.481 e. The number of carboxylic acids is 1. The number of carbonyl (C=O) groups is 1. The third-order valence-electron chi connectivity index (χ3n) is 2.92. The van der Waals surface area contributed by atoms with Gasteiger partial charge in [0.1, 0.15) is 0 Å². The van der Waals surface area contributed by atoms with Gasteiger partial charge in [-0.25, -0.2) is 0 Å². The van der Waals surface area contributed by atoms with Gasteiger partial charge in [0.15, 0.2) is 0 Å². The first kappa shape index (κ1) is 14.7. The number of aryl methyl sites for hydroxylation is 1. The van der Waals surface area contributed by atoms with Crippen molar-refractivity contribution in [3.8, 4) is 0 Å². The molecule has 1 aromatic rings. The molecule has 0 spiro atoms. The summed E-state index contributed by atoms with van der Waals surface area (Å²) in [7, 11) is 0. The minimum absolute atomic E-state index is 0.207. The Hall–Kier alpha value is -1.35. The molecule has 0 radical (unpaired) electrons. The Balaban J connectivity index is 2.65. The van der Waals surface area contributed by atoms with Crippen LogP contribution in [0.25, 0.3) is 0 Å². The second-order valence-electron chi connectivity index (χ2n) is 5.20. The van der Waals surface area contributed by atoms with E-state index < -0.39 is 5.97 Å². The highest BCUT2D eigenvalue weighted by Gasteiger charge is 2.11. The lowest BCUT2D eigenvalue weighted by molar-refractivity contribution is -0.137. The molecule has 0 amide bonds. The first-order valence-corrected chi connectivity index (χ1v) is 6.47. The second kappa shape index (κ2) is 7.17. The Morgan fingerprint density at radius 1 is 1.33 bits per heavy atom. The molecule has 1 rings (SSSR count). The van der Waals surface area contributed by atoms with Crippen molar-refractivity contribution in [1.29, 1.82) is 0 Å². The fraction of sp³-hybridized carbons (Fsp3) is 0.533. The van der Waals surface area contributed by atoms with Crippen molar-refractivity contribution in [2.24, 2.45) is 5.92 Å². The van der Waals surface area contributed by atoms with Gasteiger partial charge in [-0.2, -0.15) is 0 Å². The predicted molar refractivity (Wildman–Crippen MR) is 73.5 cm³/mol. The highest BCUT2D eigenvalue weighted by atomic mass is 16.4. The Morgan fingerprint density at radius 2 is 2.00 bits per heavy atom. The van der Waals surface area contributed by atoms with Gasteiger partial charge in [0.05, 0.1) is 6.42 Å². The number of aliphatic carboxylic acids is 1. The number of hydrogen-bond donors (Lipinski definition) is 1. The number of hydrogen-bond acceptors (Lipinski definition) is 2. The molecule has 0 aromatic heterocycles. The van der Waals surface area contributed by atoms with Crippen molar-refractivity contribution in [2.45, 2.75) is 33.7 Å². The number of carboxylic acid groups (broad SMARTS) is 1. The molecule has 3 heteroatoms. The quantitative estimate of drug-likeness (QED) is 0.807. The van der Waals surface area contributed by atoms with Gasteiger partial charge >= 0.3 is 5.97 Å². The summed E-state index contributed by atoms with van der Waals surface area (Å²) in [6.07, 6.45) is 0.207. The van der Waals surface area contributed by atoms with E-state index >= 15 is 0 Å². The van der Waals surface area contributed by atoms with E-state index in [2.05, 4.69) is 37.8 Å². The lowest BCUT2D eigenvalue weighted by atomic mass is 10.1. The number of nitrogens with zero attached hydrogens (tertiary/aromatic N) is 1. The average Bonchev–Trinajstić information content (AvgIpc) is 2.28. The first-order chi connectivity index (χ1) is 8.49. The highest BCUT2D eigenvalue weighted by Crippen LogP contribution is 2.12. The van der Waals surface area contributed by atoms with Gasteiger partial charge in [-0.15, -0.1) is 0 Å². The molecule has 0 fully saturated rings. The average molecular weight is 249 g/mol. The fourth-order valence-corrected chi connectivity index (χ4v) is 2.03. The number of rotatable bonds is 7. The van der Waals surface area contributed by atoms with E-state index in [0.29, 0.717) is 12.5 Å². The van der Waals surface area contributed by atoms with Crippen LogP contribution in [0, 0.1) is 12.8 Å². The second-order valence-corrected chi connectivity index (χ2v) is 5.20. The highest BCUT2D eigenvalue weighted by molar-refractivity contribution is 5.66. The number of benzene rings is 1. The molecule has 100 valence electrons. The van der Waals surface area contributed by atoms with Crippen LogP contribution in [0.3, 0.4) is 0 Å². The van der Waals surface area contributed by atoms with Crippen LogP contribution in [0.15, 0.2) is 24.3 Å². The molecule has 0 unspecified atom stereocenters. The van der Waals surface area contributed by atoms with Gasteiger partial charge in [0.25, 0.3) is 0 Å². The van der Waals surface area contributed by atoms with Crippen LogP contribution >= 0.6 is 0 Å². The third-order valence-corrected chi connectivity index (χ3v) is 2.92. The maximum atomic E-state index is 10.7. The molecular weight excluding hydrogens is 226 g/mol. The van der Waals surface area contributed by atoms with Gasteiger partial charge in [-0.1, -0.05) is 38.1 Å². The Morgan fingerprint density at radius 3 is 2.56 bits per heavy atom. The normalized spacial score (nSPS) is 11.2. The molecule has 0 aliphatic heterocycles. The summed E-state index contributed by atoms with van der Waals surface area (Å²) in [4.78, 5) is 12.9. The van der Waals surface area contributed by atoms with Crippen LogP contribution in [-0.4, -0.2) is 29.1 Å². The van der Waals surface area contributed by atoms with E-state index in [1.807, 2.05) is 12.1 Å². The van der Waals surface area contributed by atoms with Crippen LogP contribution in [0.2, 0.25) is 0 Å². The molecule has 1 aromatic carbocycles. The lowest BCUT2D eigenvalue weighted by Gasteiger charge is -2.24. The Labute approximate surface area is 109 Å². The summed E-state index contributed by atoms with van der Waals surface area (Å²) in [5.41, 5.74) is 2.55. The zero-order valence-corrected chi connectivity index (χ0v) is 11.5. The van der Waals surface area contributed by atoms with Crippen LogP contribution in [-0.2, 0) is 11.3 Å². The summed E-state index contributed by atoms with van der Waals surface area (Å²) in [6, 6.07) is 8.28. The van der Waals surface area contributed by atoms with Crippen LogP contribution < -0.4 is 0 Å². The minimum atomic E-state index is -0.728. The minimum Gasteiger partial charge on any atom is -0.481 e. The van der Waals surface area contributed by atoms with Crippen molar-refractivity contribution in [3.05, 3.63) is 35.4 Å². The van der Waals surface area contributed by atoms with Gasteiger partial charge in [0, 0.05) is 19.6 Å². The molecule has 0 aliphatic carbocycles. The molecule has 1 N–H and O–H groups in total. The standard InChI is InChI=1S/C15H23NO2/c1-12(2)10-16(9-8-15(17)18)11-14-7-5-4-6-13(14)3/h4-7,12H,8-11H2,1-3H3,(H,17,18). The Kier molecular flexibility index (Phi) is 5.86. The molecular formula is C15H23NO2. The molecule has 0 atom stereocenters. The summed E-state index contributed by atoms with van der Waals surface area (Å²) in [6.45, 7) is 8.79. The molecule has 0 saturated carbocycles. The zero-order valence-electron chi connectivity index (χ0n) is 11.5. The molecule has 0 aliphatic rings. The van der Waals surface area contributed by atoms with E-state index in [4.69, 9.17) is 5.11 Å². The zero-order chi connectivity index (χ0) is 13.5. The Bertz CT molecular complexity index is 388. The smallest absolute Gasteiger partial charge is 0.304 e. The van der Waals surface area contributed by atoms with Crippen LogP contribution in [0.5, 0.6) is 0 Å². The lowest BCUT2D eigenvalue weighted by Crippen LogP contribution is -2.30. The molecule has 0 heterocycles. The molecule has 18 heavy (non-hydrogen) atoms. The molecule has 0 saturated heterocycles. The van der Waals surface area contributed by atoms with Crippen molar-refractivity contribution in [2.75, 3.05) is 13.1 Å². The summed E-state index contributed by atoms with van der Waals surface area (Å²) in [5, 5.41) is 8.79. The van der Waals surface area contributed by atoms with Gasteiger partial charge in [-0.3, -0.25) is 9.69 Å². The summed E-state index contributed by atoms with van der Waals surface area (Å²) >= 11 is 0. The van der Waals surface area contributed by atoms with E-state index in [-0.39, 0.29) is 6.42 Å². The van der Waals surface area contributed by atoms with E-state index in [1.165, 1.54) is 11.1 Å². The van der Waals surface area contributed by atoms with Crippen molar-refractivity contribution in [1.82, 2.24) is 4.90 Å².